The van der Waals surface area contributed by atoms with Crippen molar-refractivity contribution in [2.24, 2.45) is 5.92 Å². The van der Waals surface area contributed by atoms with E-state index in [1.165, 1.54) is 6.08 Å². The fourth-order valence-corrected chi connectivity index (χ4v) is 3.17. The summed E-state index contributed by atoms with van der Waals surface area (Å²) < 4.78 is 5.67. The number of benzene rings is 1. The maximum Gasteiger partial charge on any atom is 0.253 e. The lowest BCUT2D eigenvalue weighted by Crippen LogP contribution is -2.44. The van der Waals surface area contributed by atoms with Crippen molar-refractivity contribution in [3.63, 3.8) is 0 Å². The zero-order valence-electron chi connectivity index (χ0n) is 12.5. The van der Waals surface area contributed by atoms with Crippen molar-refractivity contribution in [1.82, 2.24) is 4.90 Å². The molecule has 0 radical (unpaired) electrons. The summed E-state index contributed by atoms with van der Waals surface area (Å²) in [5.74, 6) is 0.190. The average molecular weight is 300 g/mol. The van der Waals surface area contributed by atoms with E-state index in [9.17, 15) is 9.59 Å². The molecule has 2 saturated heterocycles. The van der Waals surface area contributed by atoms with Crippen molar-refractivity contribution in [3.05, 3.63) is 42.5 Å². The number of nitrogens with one attached hydrogen (secondary N) is 1. The molecule has 116 valence electrons. The molecule has 0 unspecified atom stereocenters. The van der Waals surface area contributed by atoms with Gasteiger partial charge in [0.1, 0.15) is 0 Å². The molecule has 0 aromatic heterocycles. The van der Waals surface area contributed by atoms with E-state index in [2.05, 4.69) is 11.9 Å². The number of rotatable bonds is 3. The van der Waals surface area contributed by atoms with Gasteiger partial charge < -0.3 is 15.0 Å². The van der Waals surface area contributed by atoms with E-state index in [1.54, 1.807) is 24.3 Å². The minimum atomic E-state index is -0.284. The normalized spacial score (nSPS) is 23.7. The number of nitrogens with zero attached hydrogens (tertiary/aromatic N) is 1. The number of anilines is 1. The Morgan fingerprint density at radius 3 is 3.05 bits per heavy atom. The van der Waals surface area contributed by atoms with Crippen LogP contribution >= 0.6 is 0 Å². The van der Waals surface area contributed by atoms with Crippen LogP contribution in [0.5, 0.6) is 0 Å². The maximum atomic E-state index is 12.6. The summed E-state index contributed by atoms with van der Waals surface area (Å²) in [5.41, 5.74) is 1.20. The van der Waals surface area contributed by atoms with Gasteiger partial charge in [-0.3, -0.25) is 9.59 Å². The lowest BCUT2D eigenvalue weighted by molar-refractivity contribution is -0.111. The Morgan fingerprint density at radius 2 is 2.23 bits per heavy atom. The minimum absolute atomic E-state index is 0.0139. The number of piperidine rings is 1. The second-order valence-electron chi connectivity index (χ2n) is 5.77. The summed E-state index contributed by atoms with van der Waals surface area (Å²) in [7, 11) is 0. The van der Waals surface area contributed by atoms with Crippen LogP contribution < -0.4 is 5.32 Å². The lowest BCUT2D eigenvalue weighted by Gasteiger charge is -2.34. The summed E-state index contributed by atoms with van der Waals surface area (Å²) >= 11 is 0. The van der Waals surface area contributed by atoms with Crippen LogP contribution in [0.2, 0.25) is 0 Å². The fourth-order valence-electron chi connectivity index (χ4n) is 3.17. The van der Waals surface area contributed by atoms with E-state index in [4.69, 9.17) is 4.74 Å². The van der Waals surface area contributed by atoms with Gasteiger partial charge in [-0.05, 0) is 37.1 Å². The average Bonchev–Trinajstić information content (AvgIpc) is 3.01. The topological polar surface area (TPSA) is 58.6 Å². The van der Waals surface area contributed by atoms with Gasteiger partial charge in [-0.25, -0.2) is 0 Å². The van der Waals surface area contributed by atoms with E-state index in [0.717, 1.165) is 32.5 Å². The molecular formula is C17H20N2O3. The highest BCUT2D eigenvalue weighted by Gasteiger charge is 2.35. The van der Waals surface area contributed by atoms with Gasteiger partial charge in [0.05, 0.1) is 6.10 Å². The fraction of sp³-hybridized carbons (Fsp3) is 0.412. The van der Waals surface area contributed by atoms with Crippen molar-refractivity contribution < 1.29 is 14.3 Å². The Hall–Kier alpha value is -2.14. The summed E-state index contributed by atoms with van der Waals surface area (Å²) in [4.78, 5) is 25.9. The molecule has 2 heterocycles. The molecule has 1 N–H and O–H groups in total. The number of carbonyl (C=O) groups excluding carboxylic acids is 2. The molecule has 5 heteroatoms. The third-order valence-electron chi connectivity index (χ3n) is 4.33. The number of amides is 2. The number of fused-ring (bicyclic) bond motifs is 1. The van der Waals surface area contributed by atoms with E-state index in [1.807, 2.05) is 4.90 Å². The van der Waals surface area contributed by atoms with Crippen molar-refractivity contribution in [3.8, 4) is 0 Å². The first-order chi connectivity index (χ1) is 10.7. The molecule has 3 rings (SSSR count). The van der Waals surface area contributed by atoms with Crippen LogP contribution in [0, 0.1) is 5.92 Å². The number of likely N-dealkylation sites (tertiary alicyclic amines) is 1. The van der Waals surface area contributed by atoms with E-state index >= 15 is 0 Å². The highest BCUT2D eigenvalue weighted by Crippen LogP contribution is 2.29. The van der Waals surface area contributed by atoms with Gasteiger partial charge in [0, 0.05) is 36.9 Å². The molecule has 2 fully saturated rings. The van der Waals surface area contributed by atoms with Gasteiger partial charge in [0.15, 0.2) is 0 Å². The second kappa shape index (κ2) is 6.32. The van der Waals surface area contributed by atoms with Crippen LogP contribution in [-0.4, -0.2) is 42.5 Å². The summed E-state index contributed by atoms with van der Waals surface area (Å²) in [6.07, 6.45) is 3.47. The van der Waals surface area contributed by atoms with E-state index < -0.39 is 0 Å². The molecule has 22 heavy (non-hydrogen) atoms. The number of hydrogen-bond donors (Lipinski definition) is 1. The zero-order valence-corrected chi connectivity index (χ0v) is 12.5. The van der Waals surface area contributed by atoms with E-state index in [0.29, 0.717) is 23.3 Å². The molecule has 5 nitrogen and oxygen atoms in total. The van der Waals surface area contributed by atoms with Crippen molar-refractivity contribution in [2.45, 2.75) is 18.9 Å². The van der Waals surface area contributed by atoms with Gasteiger partial charge >= 0.3 is 0 Å². The van der Waals surface area contributed by atoms with Crippen LogP contribution in [0.4, 0.5) is 5.69 Å². The molecular weight excluding hydrogens is 280 g/mol. The van der Waals surface area contributed by atoms with Crippen LogP contribution in [-0.2, 0) is 9.53 Å². The predicted molar refractivity (Wildman–Crippen MR) is 83.6 cm³/mol. The molecule has 1 aromatic carbocycles. The van der Waals surface area contributed by atoms with Crippen molar-refractivity contribution in [1.29, 1.82) is 0 Å². The molecule has 2 aliphatic heterocycles. The molecule has 0 spiro atoms. The maximum absolute atomic E-state index is 12.6. The Bertz CT molecular complexity index is 599. The Morgan fingerprint density at radius 1 is 1.36 bits per heavy atom. The summed E-state index contributed by atoms with van der Waals surface area (Å²) in [6, 6.07) is 7.02. The smallest absolute Gasteiger partial charge is 0.253 e. The quantitative estimate of drug-likeness (QED) is 0.869. The van der Waals surface area contributed by atoms with Crippen molar-refractivity contribution in [2.75, 3.05) is 25.0 Å². The standard InChI is InChI=1S/C17H20N2O3/c1-2-16(20)18-14-5-3-4-12(10-14)17(21)19-8-6-15-13(11-19)7-9-22-15/h2-5,10,13,15H,1,6-9,11H2,(H,18,20)/t13-,15+/m1/s1. The highest BCUT2D eigenvalue weighted by atomic mass is 16.5. The van der Waals surface area contributed by atoms with Crippen LogP contribution in [0.15, 0.2) is 36.9 Å². The van der Waals surface area contributed by atoms with Crippen LogP contribution in [0.25, 0.3) is 0 Å². The Labute approximate surface area is 129 Å². The molecule has 2 amide bonds. The van der Waals surface area contributed by atoms with Crippen molar-refractivity contribution >= 4 is 17.5 Å². The largest absolute Gasteiger partial charge is 0.378 e. The molecule has 0 aliphatic carbocycles. The highest BCUT2D eigenvalue weighted by molar-refractivity contribution is 6.00. The molecule has 0 bridgehead atoms. The first kappa shape index (κ1) is 14.8. The number of hydrogen-bond acceptors (Lipinski definition) is 3. The van der Waals surface area contributed by atoms with Gasteiger partial charge in [-0.2, -0.15) is 0 Å². The third kappa shape index (κ3) is 3.04. The van der Waals surface area contributed by atoms with Gasteiger partial charge in [0.25, 0.3) is 5.91 Å². The Kier molecular flexibility index (Phi) is 4.24. The van der Waals surface area contributed by atoms with E-state index in [-0.39, 0.29) is 11.8 Å². The predicted octanol–water partition coefficient (Wildman–Crippen LogP) is 2.06. The third-order valence-corrected chi connectivity index (χ3v) is 4.33. The number of carbonyl (C=O) groups is 2. The second-order valence-corrected chi connectivity index (χ2v) is 5.77. The van der Waals surface area contributed by atoms with Crippen LogP contribution in [0.1, 0.15) is 23.2 Å². The summed E-state index contributed by atoms with van der Waals surface area (Å²) in [5, 5.41) is 2.68. The molecule has 2 atom stereocenters. The van der Waals surface area contributed by atoms with Gasteiger partial charge in [-0.1, -0.05) is 12.6 Å². The minimum Gasteiger partial charge on any atom is -0.378 e. The Balaban J connectivity index is 1.70. The lowest BCUT2D eigenvalue weighted by atomic mass is 9.94. The van der Waals surface area contributed by atoms with Crippen LogP contribution in [0.3, 0.4) is 0 Å². The molecule has 2 aliphatic rings. The van der Waals surface area contributed by atoms with Gasteiger partial charge in [-0.15, -0.1) is 0 Å². The zero-order chi connectivity index (χ0) is 15.5. The molecule has 1 aromatic rings. The first-order valence-electron chi connectivity index (χ1n) is 7.62. The first-order valence-corrected chi connectivity index (χ1v) is 7.62. The number of ether oxygens (including phenoxy) is 1. The van der Waals surface area contributed by atoms with Gasteiger partial charge in [0.2, 0.25) is 5.91 Å². The molecule has 0 saturated carbocycles. The SMILES string of the molecule is C=CC(=O)Nc1cccc(C(=O)N2CC[C@@H]3OCC[C@@H]3C2)c1. The summed E-state index contributed by atoms with van der Waals surface area (Å²) in [6.45, 7) is 5.71. The monoisotopic (exact) mass is 300 g/mol.